The number of aromatic nitrogens is 2. The zero-order chi connectivity index (χ0) is 25.2. The Bertz CT molecular complexity index is 1560. The molecule has 0 saturated carbocycles. The van der Waals surface area contributed by atoms with Crippen molar-refractivity contribution in [2.24, 2.45) is 7.05 Å². The Balaban J connectivity index is 1.52. The highest BCUT2D eigenvalue weighted by molar-refractivity contribution is 6.30. The third-order valence-corrected chi connectivity index (χ3v) is 6.99. The molecular formula is C28H23ClN6O. The van der Waals surface area contributed by atoms with Crippen molar-refractivity contribution in [2.75, 3.05) is 31.1 Å². The fourth-order valence-corrected chi connectivity index (χ4v) is 5.09. The largest absolute Gasteiger partial charge is 0.366 e. The predicted octanol–water partition coefficient (Wildman–Crippen LogP) is 4.24. The average Bonchev–Trinajstić information content (AvgIpc) is 2.92. The molecule has 0 amide bonds. The lowest BCUT2D eigenvalue weighted by Crippen LogP contribution is -2.48. The second kappa shape index (κ2) is 9.83. The van der Waals surface area contributed by atoms with Crippen LogP contribution in [0.1, 0.15) is 28.4 Å². The fourth-order valence-electron chi connectivity index (χ4n) is 4.96. The van der Waals surface area contributed by atoms with Crippen LogP contribution in [0, 0.1) is 22.7 Å². The molecule has 1 aliphatic rings. The van der Waals surface area contributed by atoms with Gasteiger partial charge >= 0.3 is 0 Å². The van der Waals surface area contributed by atoms with Crippen molar-refractivity contribution >= 4 is 28.3 Å². The first-order valence-electron chi connectivity index (χ1n) is 11.6. The van der Waals surface area contributed by atoms with E-state index in [4.69, 9.17) is 11.6 Å². The van der Waals surface area contributed by atoms with Crippen molar-refractivity contribution in [2.45, 2.75) is 6.04 Å². The van der Waals surface area contributed by atoms with E-state index in [-0.39, 0.29) is 22.9 Å². The molecule has 0 N–H and O–H groups in total. The second-order valence-electron chi connectivity index (χ2n) is 8.76. The first-order chi connectivity index (χ1) is 17.5. The summed E-state index contributed by atoms with van der Waals surface area (Å²) in [6.07, 6.45) is 0. The molecule has 1 saturated heterocycles. The van der Waals surface area contributed by atoms with Crippen molar-refractivity contribution in [3.05, 3.63) is 104 Å². The highest BCUT2D eigenvalue weighted by Gasteiger charge is 2.29. The number of nitriles is 2. The highest BCUT2D eigenvalue weighted by atomic mass is 35.5. The molecule has 8 heteroatoms. The maximum Gasteiger partial charge on any atom is 0.270 e. The maximum absolute atomic E-state index is 13.0. The number of hydrogen-bond donors (Lipinski definition) is 0. The van der Waals surface area contributed by atoms with Gasteiger partial charge < -0.3 is 9.47 Å². The minimum atomic E-state index is -0.364. The Morgan fingerprint density at radius 1 is 0.889 bits per heavy atom. The summed E-state index contributed by atoms with van der Waals surface area (Å²) in [4.78, 5) is 22.0. The van der Waals surface area contributed by atoms with E-state index in [1.807, 2.05) is 30.3 Å². The van der Waals surface area contributed by atoms with Crippen LogP contribution in [0.2, 0.25) is 5.02 Å². The summed E-state index contributed by atoms with van der Waals surface area (Å²) in [5.74, 6) is 0. The van der Waals surface area contributed by atoms with E-state index in [0.29, 0.717) is 47.9 Å². The summed E-state index contributed by atoms with van der Waals surface area (Å²) in [6, 6.07) is 25.8. The van der Waals surface area contributed by atoms with Gasteiger partial charge in [0.2, 0.25) is 0 Å². The van der Waals surface area contributed by atoms with Crippen LogP contribution in [-0.2, 0) is 7.05 Å². The van der Waals surface area contributed by atoms with E-state index in [1.54, 1.807) is 19.2 Å². The van der Waals surface area contributed by atoms with E-state index in [0.717, 1.165) is 5.56 Å². The Hall–Kier alpha value is -4.17. The zero-order valence-corrected chi connectivity index (χ0v) is 20.5. The zero-order valence-electron chi connectivity index (χ0n) is 19.7. The van der Waals surface area contributed by atoms with Crippen LogP contribution < -0.4 is 10.5 Å². The fraction of sp³-hybridized carbons (Fsp3) is 0.214. The molecule has 3 heterocycles. The van der Waals surface area contributed by atoms with Crippen LogP contribution in [0.15, 0.2) is 71.5 Å². The van der Waals surface area contributed by atoms with E-state index < -0.39 is 0 Å². The van der Waals surface area contributed by atoms with Gasteiger partial charge in [0.25, 0.3) is 5.56 Å². The van der Waals surface area contributed by atoms with Gasteiger partial charge in [-0.1, -0.05) is 54.1 Å². The number of hydrogen-bond acceptors (Lipinski definition) is 6. The van der Waals surface area contributed by atoms with Gasteiger partial charge in [-0.2, -0.15) is 10.5 Å². The van der Waals surface area contributed by atoms with Gasteiger partial charge in [-0.3, -0.25) is 9.69 Å². The topological polar surface area (TPSA) is 88.9 Å². The van der Waals surface area contributed by atoms with Crippen LogP contribution in [0.25, 0.3) is 11.0 Å². The Morgan fingerprint density at radius 2 is 1.56 bits per heavy atom. The van der Waals surface area contributed by atoms with Crippen LogP contribution in [0.4, 0.5) is 5.69 Å². The van der Waals surface area contributed by atoms with Gasteiger partial charge in [0.1, 0.15) is 28.9 Å². The van der Waals surface area contributed by atoms with Gasteiger partial charge in [-0.05, 0) is 35.4 Å². The molecule has 1 fully saturated rings. The summed E-state index contributed by atoms with van der Waals surface area (Å²) in [5, 5.41) is 20.0. The normalized spacial score (nSPS) is 14.8. The molecule has 178 valence electrons. The van der Waals surface area contributed by atoms with Crippen molar-refractivity contribution < 1.29 is 0 Å². The molecule has 1 aliphatic heterocycles. The molecule has 0 bridgehead atoms. The molecule has 4 aromatic rings. The average molecular weight is 495 g/mol. The molecule has 5 rings (SSSR count). The Morgan fingerprint density at radius 3 is 2.19 bits per heavy atom. The van der Waals surface area contributed by atoms with Gasteiger partial charge in [-0.25, -0.2) is 4.98 Å². The van der Waals surface area contributed by atoms with Crippen LogP contribution in [0.5, 0.6) is 0 Å². The summed E-state index contributed by atoms with van der Waals surface area (Å²) in [6.45, 7) is 2.63. The number of aryl methyl sites for hydroxylation is 1. The van der Waals surface area contributed by atoms with Crippen molar-refractivity contribution in [1.29, 1.82) is 10.5 Å². The third kappa shape index (κ3) is 4.20. The number of halogens is 1. The third-order valence-electron chi connectivity index (χ3n) is 6.74. The Kier molecular flexibility index (Phi) is 6.43. The second-order valence-corrected chi connectivity index (χ2v) is 9.20. The molecule has 36 heavy (non-hydrogen) atoms. The summed E-state index contributed by atoms with van der Waals surface area (Å²) in [5.41, 5.74) is 3.88. The number of anilines is 1. The van der Waals surface area contributed by atoms with Crippen molar-refractivity contribution in [1.82, 2.24) is 14.5 Å². The molecule has 0 unspecified atom stereocenters. The van der Waals surface area contributed by atoms with Crippen molar-refractivity contribution in [3.63, 3.8) is 0 Å². The summed E-state index contributed by atoms with van der Waals surface area (Å²) >= 11 is 6.16. The number of benzene rings is 2. The molecule has 0 radical (unpaired) electrons. The first-order valence-corrected chi connectivity index (χ1v) is 12.0. The quantitative estimate of drug-likeness (QED) is 0.421. The molecule has 2 aromatic heterocycles. The van der Waals surface area contributed by atoms with E-state index in [9.17, 15) is 15.3 Å². The molecule has 0 aliphatic carbocycles. The summed E-state index contributed by atoms with van der Waals surface area (Å²) < 4.78 is 1.42. The maximum atomic E-state index is 13.0. The highest BCUT2D eigenvalue weighted by Crippen LogP contribution is 2.33. The van der Waals surface area contributed by atoms with E-state index in [2.05, 4.69) is 51.2 Å². The minimum absolute atomic E-state index is 0.0461. The number of rotatable bonds is 4. The lowest BCUT2D eigenvalue weighted by atomic mass is 9.96. The lowest BCUT2D eigenvalue weighted by Gasteiger charge is -2.41. The molecular weight excluding hydrogens is 472 g/mol. The molecule has 2 aromatic carbocycles. The van der Waals surface area contributed by atoms with E-state index in [1.165, 1.54) is 10.1 Å². The van der Waals surface area contributed by atoms with Crippen LogP contribution in [-0.4, -0.2) is 40.6 Å². The predicted molar refractivity (Wildman–Crippen MR) is 140 cm³/mol. The van der Waals surface area contributed by atoms with Crippen LogP contribution >= 0.6 is 11.6 Å². The summed E-state index contributed by atoms with van der Waals surface area (Å²) in [7, 11) is 1.62. The van der Waals surface area contributed by atoms with Gasteiger partial charge in [0, 0.05) is 38.2 Å². The number of pyridine rings is 2. The number of fused-ring (bicyclic) bond motifs is 1. The standard InChI is InChI=1S/C28H23ClN6O/c1-33-24-12-11-22(17-30)32-25(24)27(23(18-31)28(33)36)35-15-13-34(14-16-35)26(19-5-3-2-4-6-19)20-7-9-21(29)10-8-20/h2-12,26H,13-16H2,1H3/t26-/m0/s1. The van der Waals surface area contributed by atoms with Gasteiger partial charge in [0.15, 0.2) is 0 Å². The smallest absolute Gasteiger partial charge is 0.270 e. The van der Waals surface area contributed by atoms with E-state index >= 15 is 0 Å². The first kappa shape index (κ1) is 23.6. The SMILES string of the molecule is Cn1c(=O)c(C#N)c(N2CCN([C@@H](c3ccccc3)c3ccc(Cl)cc3)CC2)c2nc(C#N)ccc21. The van der Waals surface area contributed by atoms with Gasteiger partial charge in [0.05, 0.1) is 17.2 Å². The van der Waals surface area contributed by atoms with Crippen LogP contribution in [0.3, 0.4) is 0 Å². The monoisotopic (exact) mass is 494 g/mol. The lowest BCUT2D eigenvalue weighted by molar-refractivity contribution is 0.212. The Labute approximate surface area is 214 Å². The molecule has 1 atom stereocenters. The number of nitrogens with zero attached hydrogens (tertiary/aromatic N) is 6. The molecule has 0 spiro atoms. The minimum Gasteiger partial charge on any atom is -0.366 e. The van der Waals surface area contributed by atoms with Gasteiger partial charge in [-0.15, -0.1) is 0 Å². The molecule has 7 nitrogen and oxygen atoms in total. The van der Waals surface area contributed by atoms with Crippen molar-refractivity contribution in [3.8, 4) is 12.1 Å². The number of piperazine rings is 1.